The van der Waals surface area contributed by atoms with E-state index in [1.165, 1.54) is 5.57 Å². The van der Waals surface area contributed by atoms with Gasteiger partial charge in [0.05, 0.1) is 6.10 Å². The predicted molar refractivity (Wildman–Crippen MR) is 45.1 cm³/mol. The number of rotatable bonds is 4. The second-order valence-electron chi connectivity index (χ2n) is 2.82. The Kier molecular flexibility index (Phi) is 4.37. The minimum Gasteiger partial charge on any atom is -0.381 e. The smallest absolute Gasteiger partial charge is 0.0631 e. The summed E-state index contributed by atoms with van der Waals surface area (Å²) in [5.41, 5.74) is 1.20. The van der Waals surface area contributed by atoms with Gasteiger partial charge in [-0.25, -0.2) is 0 Å². The molecule has 0 spiro atoms. The van der Waals surface area contributed by atoms with Crippen molar-refractivity contribution >= 4 is 0 Å². The lowest BCUT2D eigenvalue weighted by Gasteiger charge is -2.20. The summed E-state index contributed by atoms with van der Waals surface area (Å²) in [6.45, 7) is 10.2. The first-order chi connectivity index (χ1) is 4.63. The van der Waals surface area contributed by atoms with Gasteiger partial charge in [-0.05, 0) is 13.3 Å². The number of hydrogen-bond acceptors (Lipinski definition) is 1. The molecule has 0 saturated carbocycles. The van der Waals surface area contributed by atoms with Crippen molar-refractivity contribution in [2.75, 3.05) is 7.11 Å². The van der Waals surface area contributed by atoms with Crippen molar-refractivity contribution in [2.45, 2.75) is 33.3 Å². The SMILES string of the molecule is C=C(C)C(C)C(CC)OC. The summed E-state index contributed by atoms with van der Waals surface area (Å²) in [5, 5.41) is 0. The van der Waals surface area contributed by atoms with Gasteiger partial charge in [0.25, 0.3) is 0 Å². The molecule has 0 aromatic rings. The van der Waals surface area contributed by atoms with E-state index >= 15 is 0 Å². The van der Waals surface area contributed by atoms with E-state index in [4.69, 9.17) is 4.74 Å². The standard InChI is InChI=1S/C9H18O/c1-6-9(10-5)8(4)7(2)3/h8-9H,2,6H2,1,3-5H3. The minimum absolute atomic E-state index is 0.345. The van der Waals surface area contributed by atoms with Crippen LogP contribution in [0.1, 0.15) is 27.2 Å². The molecule has 2 unspecified atom stereocenters. The Hall–Kier alpha value is -0.300. The van der Waals surface area contributed by atoms with E-state index in [-0.39, 0.29) is 0 Å². The zero-order chi connectivity index (χ0) is 8.15. The first kappa shape index (κ1) is 9.70. The van der Waals surface area contributed by atoms with E-state index in [2.05, 4.69) is 20.4 Å². The maximum atomic E-state index is 5.26. The van der Waals surface area contributed by atoms with Gasteiger partial charge in [-0.15, -0.1) is 0 Å². The highest BCUT2D eigenvalue weighted by Gasteiger charge is 2.13. The molecule has 0 bridgehead atoms. The predicted octanol–water partition coefficient (Wildman–Crippen LogP) is 2.62. The molecular formula is C9H18O. The van der Waals surface area contributed by atoms with Crippen molar-refractivity contribution in [3.05, 3.63) is 12.2 Å². The van der Waals surface area contributed by atoms with E-state index in [9.17, 15) is 0 Å². The Labute approximate surface area is 64.1 Å². The average molecular weight is 142 g/mol. The summed E-state index contributed by atoms with van der Waals surface area (Å²) in [5.74, 6) is 0.481. The summed E-state index contributed by atoms with van der Waals surface area (Å²) in [6, 6.07) is 0. The highest BCUT2D eigenvalue weighted by Crippen LogP contribution is 2.16. The second kappa shape index (κ2) is 4.51. The van der Waals surface area contributed by atoms with Gasteiger partial charge >= 0.3 is 0 Å². The Morgan fingerprint density at radius 1 is 1.60 bits per heavy atom. The Morgan fingerprint density at radius 2 is 2.10 bits per heavy atom. The summed E-state index contributed by atoms with van der Waals surface area (Å²) in [4.78, 5) is 0. The van der Waals surface area contributed by atoms with Gasteiger partial charge in [0, 0.05) is 13.0 Å². The van der Waals surface area contributed by atoms with E-state index in [0.717, 1.165) is 6.42 Å². The number of hydrogen-bond donors (Lipinski definition) is 0. The normalized spacial score (nSPS) is 16.4. The fourth-order valence-electron chi connectivity index (χ4n) is 1.04. The lowest BCUT2D eigenvalue weighted by atomic mass is 9.96. The van der Waals surface area contributed by atoms with Gasteiger partial charge in [0.2, 0.25) is 0 Å². The molecule has 0 saturated heterocycles. The molecule has 1 heteroatoms. The van der Waals surface area contributed by atoms with Crippen LogP contribution in [0, 0.1) is 5.92 Å². The zero-order valence-electron chi connectivity index (χ0n) is 7.48. The third kappa shape index (κ3) is 2.53. The molecule has 2 atom stereocenters. The molecule has 0 fully saturated rings. The van der Waals surface area contributed by atoms with Crippen molar-refractivity contribution < 1.29 is 4.74 Å². The average Bonchev–Trinajstić information content (AvgIpc) is 1.90. The topological polar surface area (TPSA) is 9.23 Å². The maximum absolute atomic E-state index is 5.26. The monoisotopic (exact) mass is 142 g/mol. The molecule has 0 radical (unpaired) electrons. The van der Waals surface area contributed by atoms with Crippen LogP contribution in [0.2, 0.25) is 0 Å². The van der Waals surface area contributed by atoms with E-state index in [1.807, 2.05) is 6.92 Å². The maximum Gasteiger partial charge on any atom is 0.0631 e. The fourth-order valence-corrected chi connectivity index (χ4v) is 1.04. The van der Waals surface area contributed by atoms with Crippen LogP contribution >= 0.6 is 0 Å². The number of ether oxygens (including phenoxy) is 1. The molecule has 0 heterocycles. The highest BCUT2D eigenvalue weighted by molar-refractivity contribution is 4.97. The van der Waals surface area contributed by atoms with E-state index in [1.54, 1.807) is 7.11 Å². The molecular weight excluding hydrogens is 124 g/mol. The lowest BCUT2D eigenvalue weighted by Crippen LogP contribution is -2.19. The highest BCUT2D eigenvalue weighted by atomic mass is 16.5. The molecule has 60 valence electrons. The van der Waals surface area contributed by atoms with Crippen molar-refractivity contribution in [1.82, 2.24) is 0 Å². The van der Waals surface area contributed by atoms with Crippen LogP contribution in [-0.4, -0.2) is 13.2 Å². The molecule has 0 aliphatic carbocycles. The third-order valence-electron chi connectivity index (χ3n) is 2.04. The van der Waals surface area contributed by atoms with E-state index in [0.29, 0.717) is 12.0 Å². The molecule has 1 nitrogen and oxygen atoms in total. The molecule has 0 amide bonds. The van der Waals surface area contributed by atoms with Gasteiger partial charge in [-0.3, -0.25) is 0 Å². The van der Waals surface area contributed by atoms with Crippen LogP contribution < -0.4 is 0 Å². The van der Waals surface area contributed by atoms with Gasteiger partial charge in [0.15, 0.2) is 0 Å². The summed E-state index contributed by atoms with van der Waals surface area (Å²) in [6.07, 6.45) is 1.40. The van der Waals surface area contributed by atoms with Crippen molar-refractivity contribution in [3.8, 4) is 0 Å². The molecule has 0 N–H and O–H groups in total. The third-order valence-corrected chi connectivity index (χ3v) is 2.04. The van der Waals surface area contributed by atoms with Gasteiger partial charge in [0.1, 0.15) is 0 Å². The second-order valence-corrected chi connectivity index (χ2v) is 2.82. The summed E-state index contributed by atoms with van der Waals surface area (Å²) >= 11 is 0. The quantitative estimate of drug-likeness (QED) is 0.548. The molecule has 10 heavy (non-hydrogen) atoms. The minimum atomic E-state index is 0.345. The van der Waals surface area contributed by atoms with Crippen molar-refractivity contribution in [1.29, 1.82) is 0 Å². The van der Waals surface area contributed by atoms with E-state index < -0.39 is 0 Å². The molecule has 0 aromatic heterocycles. The first-order valence-electron chi connectivity index (χ1n) is 3.81. The molecule has 0 aliphatic rings. The zero-order valence-corrected chi connectivity index (χ0v) is 7.48. The Morgan fingerprint density at radius 3 is 2.20 bits per heavy atom. The van der Waals surface area contributed by atoms with Crippen molar-refractivity contribution in [2.24, 2.45) is 5.92 Å². The molecule has 0 aliphatic heterocycles. The Balaban J connectivity index is 3.88. The van der Waals surface area contributed by atoms with Gasteiger partial charge in [-0.2, -0.15) is 0 Å². The number of methoxy groups -OCH3 is 1. The van der Waals surface area contributed by atoms with Crippen LogP contribution in [0.4, 0.5) is 0 Å². The first-order valence-corrected chi connectivity index (χ1v) is 3.81. The lowest BCUT2D eigenvalue weighted by molar-refractivity contribution is 0.0679. The largest absolute Gasteiger partial charge is 0.381 e. The van der Waals surface area contributed by atoms with Crippen LogP contribution in [-0.2, 0) is 4.74 Å². The summed E-state index contributed by atoms with van der Waals surface area (Å²) < 4.78 is 5.26. The Bertz CT molecular complexity index is 103. The van der Waals surface area contributed by atoms with Gasteiger partial charge < -0.3 is 4.74 Å². The van der Waals surface area contributed by atoms with Crippen LogP contribution in [0.5, 0.6) is 0 Å². The van der Waals surface area contributed by atoms with Crippen LogP contribution in [0.15, 0.2) is 12.2 Å². The van der Waals surface area contributed by atoms with Crippen LogP contribution in [0.25, 0.3) is 0 Å². The molecule has 0 rings (SSSR count). The van der Waals surface area contributed by atoms with Crippen LogP contribution in [0.3, 0.4) is 0 Å². The fraction of sp³-hybridized carbons (Fsp3) is 0.778. The van der Waals surface area contributed by atoms with Crippen molar-refractivity contribution in [3.63, 3.8) is 0 Å². The summed E-state index contributed by atoms with van der Waals surface area (Å²) in [7, 11) is 1.76. The van der Waals surface area contributed by atoms with Gasteiger partial charge in [-0.1, -0.05) is 26.0 Å². The molecule has 0 aromatic carbocycles.